The molecule has 0 fully saturated rings. The van der Waals surface area contributed by atoms with E-state index in [4.69, 9.17) is 0 Å². The van der Waals surface area contributed by atoms with Crippen molar-refractivity contribution in [1.82, 2.24) is 9.72 Å². The number of aromatic nitrogens is 1. The van der Waals surface area contributed by atoms with Crippen molar-refractivity contribution in [3.8, 4) is 11.1 Å². The number of rotatable bonds is 2. The summed E-state index contributed by atoms with van der Waals surface area (Å²) in [5.41, 5.74) is 4.65. The Bertz CT molecular complexity index is 942. The Hall–Kier alpha value is -3.15. The highest BCUT2D eigenvalue weighted by Crippen LogP contribution is 2.32. The molecule has 114 valence electrons. The summed E-state index contributed by atoms with van der Waals surface area (Å²) in [6.07, 6.45) is 4.62. The Morgan fingerprint density at radius 3 is 2.65 bits per heavy atom. The summed E-state index contributed by atoms with van der Waals surface area (Å²) in [6.45, 7) is 0.577. The summed E-state index contributed by atoms with van der Waals surface area (Å²) >= 11 is 0. The van der Waals surface area contributed by atoms with Gasteiger partial charge in [-0.15, -0.1) is 0 Å². The van der Waals surface area contributed by atoms with Crippen molar-refractivity contribution in [3.05, 3.63) is 70.0 Å². The molecule has 0 atom stereocenters. The zero-order valence-electron chi connectivity index (χ0n) is 12.2. The molecule has 3 aromatic rings. The minimum absolute atomic E-state index is 0.0669. The van der Waals surface area contributed by atoms with Gasteiger partial charge >= 0.3 is 0 Å². The number of hydrogen-bond donors (Lipinski definition) is 1. The molecule has 0 radical (unpaired) electrons. The van der Waals surface area contributed by atoms with Crippen molar-refractivity contribution in [2.75, 3.05) is 6.54 Å². The second-order valence-corrected chi connectivity index (χ2v) is 5.51. The molecule has 0 aliphatic carbocycles. The molecule has 6 heteroatoms. The Morgan fingerprint density at radius 2 is 1.91 bits per heavy atom. The first-order valence-corrected chi connectivity index (χ1v) is 7.31. The number of nitrogens with one attached hydrogen (secondary N) is 1. The summed E-state index contributed by atoms with van der Waals surface area (Å²) in [4.78, 5) is 22.6. The fourth-order valence-electron chi connectivity index (χ4n) is 3.14. The van der Waals surface area contributed by atoms with Crippen molar-refractivity contribution in [2.24, 2.45) is 0 Å². The molecule has 0 saturated heterocycles. The van der Waals surface area contributed by atoms with Gasteiger partial charge in [0.2, 0.25) is 0 Å². The van der Waals surface area contributed by atoms with Crippen LogP contribution in [-0.2, 0) is 6.42 Å². The van der Waals surface area contributed by atoms with Gasteiger partial charge in [0.15, 0.2) is 0 Å². The van der Waals surface area contributed by atoms with Gasteiger partial charge in [-0.2, -0.15) is 0 Å². The maximum absolute atomic E-state index is 12.2. The molecule has 1 aliphatic rings. The third-order valence-corrected chi connectivity index (χ3v) is 4.20. The van der Waals surface area contributed by atoms with Crippen LogP contribution in [0.5, 0.6) is 0 Å². The minimum atomic E-state index is -0.407. The molecule has 1 amide bonds. The number of carbonyl (C=O) groups excluding carboxylic acids is 1. The first-order chi connectivity index (χ1) is 11.1. The quantitative estimate of drug-likeness (QED) is 0.584. The number of nitrogens with zero attached hydrogens (tertiary/aromatic N) is 2. The van der Waals surface area contributed by atoms with E-state index in [9.17, 15) is 14.9 Å². The molecule has 0 spiro atoms. The highest BCUT2D eigenvalue weighted by molar-refractivity contribution is 6.03. The number of amides is 1. The van der Waals surface area contributed by atoms with Crippen LogP contribution in [0.1, 0.15) is 15.9 Å². The van der Waals surface area contributed by atoms with Crippen LogP contribution in [0.25, 0.3) is 16.6 Å². The molecule has 1 N–H and O–H groups in total. The van der Waals surface area contributed by atoms with E-state index in [1.807, 2.05) is 28.9 Å². The van der Waals surface area contributed by atoms with Gasteiger partial charge in [-0.25, -0.2) is 0 Å². The zero-order chi connectivity index (χ0) is 16.0. The molecule has 1 aromatic carbocycles. The van der Waals surface area contributed by atoms with Crippen LogP contribution in [-0.4, -0.2) is 21.8 Å². The van der Waals surface area contributed by atoms with E-state index in [1.165, 1.54) is 12.1 Å². The molecular formula is C17H13N3O3. The normalized spacial score (nSPS) is 13.7. The molecule has 0 bridgehead atoms. The van der Waals surface area contributed by atoms with E-state index < -0.39 is 4.92 Å². The fourth-order valence-corrected chi connectivity index (χ4v) is 3.14. The highest BCUT2D eigenvalue weighted by atomic mass is 16.6. The zero-order valence-corrected chi connectivity index (χ0v) is 12.2. The molecule has 0 unspecified atom stereocenters. The van der Waals surface area contributed by atoms with Crippen LogP contribution in [0.15, 0.2) is 48.8 Å². The first kappa shape index (κ1) is 13.5. The van der Waals surface area contributed by atoms with E-state index in [0.29, 0.717) is 12.1 Å². The van der Waals surface area contributed by atoms with Gasteiger partial charge in [0.1, 0.15) is 0 Å². The average molecular weight is 307 g/mol. The molecule has 4 rings (SSSR count). The van der Waals surface area contributed by atoms with Crippen LogP contribution in [0.3, 0.4) is 0 Å². The van der Waals surface area contributed by atoms with Gasteiger partial charge in [0, 0.05) is 36.6 Å². The number of non-ortho nitro benzene ring substituents is 1. The Kier molecular flexibility index (Phi) is 2.90. The van der Waals surface area contributed by atoms with Crippen LogP contribution >= 0.6 is 0 Å². The molecule has 0 saturated carbocycles. The largest absolute Gasteiger partial charge is 0.352 e. The predicted molar refractivity (Wildman–Crippen MR) is 85.5 cm³/mol. The summed E-state index contributed by atoms with van der Waals surface area (Å²) in [5, 5.41) is 13.7. The second kappa shape index (κ2) is 4.95. The van der Waals surface area contributed by atoms with Crippen LogP contribution in [0.2, 0.25) is 0 Å². The fraction of sp³-hybridized carbons (Fsp3) is 0.118. The van der Waals surface area contributed by atoms with E-state index in [0.717, 1.165) is 28.6 Å². The Morgan fingerprint density at radius 1 is 1.13 bits per heavy atom. The van der Waals surface area contributed by atoms with Crippen molar-refractivity contribution < 1.29 is 9.72 Å². The molecule has 3 heterocycles. The average Bonchev–Trinajstić information content (AvgIpc) is 2.84. The van der Waals surface area contributed by atoms with Crippen molar-refractivity contribution >= 4 is 17.1 Å². The number of nitro groups is 1. The standard InChI is InChI=1S/C17H13N3O3/c21-17-14-2-1-9-19-10-15(13(16(14)19)7-8-18-17)11-3-5-12(6-4-11)20(22)23/h1-6,9-10H,7-8H2,(H,18,21). The monoisotopic (exact) mass is 307 g/mol. The van der Waals surface area contributed by atoms with Crippen LogP contribution in [0.4, 0.5) is 5.69 Å². The van der Waals surface area contributed by atoms with Crippen molar-refractivity contribution in [1.29, 1.82) is 0 Å². The maximum Gasteiger partial charge on any atom is 0.269 e. The number of nitro benzene ring substituents is 1. The van der Waals surface area contributed by atoms with E-state index in [-0.39, 0.29) is 11.6 Å². The lowest BCUT2D eigenvalue weighted by Gasteiger charge is -2.03. The summed E-state index contributed by atoms with van der Waals surface area (Å²) in [7, 11) is 0. The van der Waals surface area contributed by atoms with Crippen molar-refractivity contribution in [3.63, 3.8) is 0 Å². The SMILES string of the molecule is O=C1NCCc2c(-c3ccc([N+](=O)[O-])cc3)cn3cccc1c23. The van der Waals surface area contributed by atoms with E-state index >= 15 is 0 Å². The van der Waals surface area contributed by atoms with Crippen LogP contribution in [0, 0.1) is 10.1 Å². The molecule has 6 nitrogen and oxygen atoms in total. The summed E-state index contributed by atoms with van der Waals surface area (Å²) in [6, 6.07) is 10.2. The summed E-state index contributed by atoms with van der Waals surface area (Å²) in [5.74, 6) is -0.0669. The van der Waals surface area contributed by atoms with Gasteiger partial charge in [0.05, 0.1) is 16.0 Å². The van der Waals surface area contributed by atoms with Gasteiger partial charge in [-0.3, -0.25) is 14.9 Å². The van der Waals surface area contributed by atoms with Gasteiger partial charge in [-0.05, 0) is 41.8 Å². The number of benzene rings is 1. The lowest BCUT2D eigenvalue weighted by molar-refractivity contribution is -0.384. The van der Waals surface area contributed by atoms with Gasteiger partial charge in [-0.1, -0.05) is 0 Å². The molecule has 1 aliphatic heterocycles. The highest BCUT2D eigenvalue weighted by Gasteiger charge is 2.21. The predicted octanol–water partition coefficient (Wildman–Crippen LogP) is 2.80. The lowest BCUT2D eigenvalue weighted by atomic mass is 10.0. The number of hydrogen-bond acceptors (Lipinski definition) is 3. The van der Waals surface area contributed by atoms with Crippen molar-refractivity contribution in [2.45, 2.75) is 6.42 Å². The Balaban J connectivity index is 1.94. The molecular weight excluding hydrogens is 294 g/mol. The minimum Gasteiger partial charge on any atom is -0.352 e. The lowest BCUT2D eigenvalue weighted by Crippen LogP contribution is -2.23. The number of pyridine rings is 1. The summed E-state index contributed by atoms with van der Waals surface area (Å²) < 4.78 is 1.95. The molecule has 2 aromatic heterocycles. The molecule has 23 heavy (non-hydrogen) atoms. The third-order valence-electron chi connectivity index (χ3n) is 4.20. The Labute approximate surface area is 131 Å². The second-order valence-electron chi connectivity index (χ2n) is 5.51. The first-order valence-electron chi connectivity index (χ1n) is 7.31. The maximum atomic E-state index is 12.2. The topological polar surface area (TPSA) is 76.6 Å². The van der Waals surface area contributed by atoms with Gasteiger partial charge in [0.25, 0.3) is 11.6 Å². The smallest absolute Gasteiger partial charge is 0.269 e. The van der Waals surface area contributed by atoms with E-state index in [2.05, 4.69) is 5.32 Å². The van der Waals surface area contributed by atoms with Gasteiger partial charge < -0.3 is 9.72 Å². The number of carbonyl (C=O) groups is 1. The third kappa shape index (κ3) is 2.07. The van der Waals surface area contributed by atoms with Crippen LogP contribution < -0.4 is 5.32 Å². The van der Waals surface area contributed by atoms with E-state index in [1.54, 1.807) is 12.1 Å².